The largest absolute Gasteiger partial charge is 0.454 e. The van der Waals surface area contributed by atoms with Gasteiger partial charge in [0.25, 0.3) is 0 Å². The smallest absolute Gasteiger partial charge is 0.331 e. The zero-order chi connectivity index (χ0) is 20.1. The molecule has 1 saturated heterocycles. The van der Waals surface area contributed by atoms with Gasteiger partial charge < -0.3 is 14.0 Å². The summed E-state index contributed by atoms with van der Waals surface area (Å²) in [5.74, 6) is -0.780. The Labute approximate surface area is 169 Å². The lowest BCUT2D eigenvalue weighted by molar-refractivity contribution is -0.136. The molecule has 0 saturated carbocycles. The molecule has 0 aliphatic carbocycles. The third-order valence-corrected chi connectivity index (χ3v) is 5.13. The maximum Gasteiger partial charge on any atom is 0.331 e. The first-order valence-corrected chi connectivity index (χ1v) is 9.74. The third-order valence-electron chi connectivity index (χ3n) is 4.89. The number of ketones is 1. The second kappa shape index (κ2) is 9.22. The van der Waals surface area contributed by atoms with Crippen LogP contribution >= 0.6 is 11.6 Å². The number of hydrogen-bond donors (Lipinski definition) is 0. The van der Waals surface area contributed by atoms with Crippen LogP contribution in [0, 0.1) is 13.8 Å². The van der Waals surface area contributed by atoms with Crippen LogP contribution in [0.5, 0.6) is 0 Å². The molecule has 0 bridgehead atoms. The normalized spacial score (nSPS) is 16.6. The van der Waals surface area contributed by atoms with Gasteiger partial charge in [-0.1, -0.05) is 23.7 Å². The van der Waals surface area contributed by atoms with E-state index in [1.54, 1.807) is 24.3 Å². The number of ether oxygens (including phenoxy) is 2. The van der Waals surface area contributed by atoms with E-state index in [1.807, 2.05) is 26.0 Å². The van der Waals surface area contributed by atoms with Crippen LogP contribution in [0.3, 0.4) is 0 Å². The van der Waals surface area contributed by atoms with E-state index in [1.165, 1.54) is 6.08 Å². The van der Waals surface area contributed by atoms with Gasteiger partial charge in [0.1, 0.15) is 0 Å². The molecule has 2 aromatic rings. The fourth-order valence-electron chi connectivity index (χ4n) is 3.39. The molecule has 1 aromatic heterocycles. The van der Waals surface area contributed by atoms with Crippen molar-refractivity contribution in [2.45, 2.75) is 39.3 Å². The van der Waals surface area contributed by atoms with E-state index < -0.39 is 5.97 Å². The van der Waals surface area contributed by atoms with Gasteiger partial charge >= 0.3 is 5.97 Å². The summed E-state index contributed by atoms with van der Waals surface area (Å²) >= 11 is 5.91. The Balaban J connectivity index is 1.57. The second-order valence-corrected chi connectivity index (χ2v) is 7.39. The predicted octanol–water partition coefficient (Wildman–Crippen LogP) is 4.38. The number of nitrogens with zero attached hydrogens (tertiary/aromatic N) is 1. The first-order chi connectivity index (χ1) is 13.4. The Morgan fingerprint density at radius 1 is 1.32 bits per heavy atom. The number of rotatable bonds is 7. The molecule has 0 radical (unpaired) electrons. The minimum Gasteiger partial charge on any atom is -0.454 e. The number of hydrogen-bond acceptors (Lipinski definition) is 4. The summed E-state index contributed by atoms with van der Waals surface area (Å²) in [6, 6.07) is 8.96. The van der Waals surface area contributed by atoms with Gasteiger partial charge in [0.15, 0.2) is 6.61 Å². The Bertz CT molecular complexity index is 894. The highest BCUT2D eigenvalue weighted by molar-refractivity contribution is 6.30. The van der Waals surface area contributed by atoms with Crippen molar-refractivity contribution in [2.75, 3.05) is 13.2 Å². The zero-order valence-electron chi connectivity index (χ0n) is 16.1. The number of aryl methyl sites for hydroxylation is 1. The summed E-state index contributed by atoms with van der Waals surface area (Å²) in [5, 5.41) is 0.587. The van der Waals surface area contributed by atoms with Crippen molar-refractivity contribution >= 4 is 29.4 Å². The fourth-order valence-corrected chi connectivity index (χ4v) is 3.59. The zero-order valence-corrected chi connectivity index (χ0v) is 16.9. The van der Waals surface area contributed by atoms with Crippen molar-refractivity contribution in [3.8, 4) is 0 Å². The quantitative estimate of drug-likeness (QED) is 0.392. The average Bonchev–Trinajstić information content (AvgIpc) is 3.28. The standard InChI is InChI=1S/C22H24ClNO4/c1-15-11-20(16(2)24(15)13-19-7-4-10-27-19)21(25)14-28-22(26)9-8-17-5-3-6-18(23)12-17/h3,5-6,8-9,11-12,19H,4,7,10,13-14H2,1-2H3/b9-8+/t19-/m0/s1. The number of benzene rings is 1. The van der Waals surface area contributed by atoms with E-state index in [2.05, 4.69) is 4.57 Å². The molecule has 1 atom stereocenters. The second-order valence-electron chi connectivity index (χ2n) is 6.95. The molecule has 1 aliphatic heterocycles. The van der Waals surface area contributed by atoms with Crippen LogP contribution in [0.2, 0.25) is 5.02 Å². The lowest BCUT2D eigenvalue weighted by Crippen LogP contribution is -2.18. The van der Waals surface area contributed by atoms with Crippen LogP contribution in [-0.2, 0) is 20.8 Å². The molecule has 0 amide bonds. The Morgan fingerprint density at radius 3 is 2.86 bits per heavy atom. The van der Waals surface area contributed by atoms with E-state index in [-0.39, 0.29) is 18.5 Å². The average molecular weight is 402 g/mol. The van der Waals surface area contributed by atoms with E-state index in [9.17, 15) is 9.59 Å². The Morgan fingerprint density at radius 2 is 2.14 bits per heavy atom. The van der Waals surface area contributed by atoms with Crippen LogP contribution < -0.4 is 0 Å². The molecule has 1 aliphatic rings. The molecule has 5 nitrogen and oxygen atoms in total. The van der Waals surface area contributed by atoms with Gasteiger partial charge in [-0.15, -0.1) is 0 Å². The fraction of sp³-hybridized carbons (Fsp3) is 0.364. The molecule has 0 spiro atoms. The maximum absolute atomic E-state index is 12.5. The molecule has 6 heteroatoms. The monoisotopic (exact) mass is 401 g/mol. The number of halogens is 1. The summed E-state index contributed by atoms with van der Waals surface area (Å²) in [6.45, 7) is 5.14. The van der Waals surface area contributed by atoms with Gasteiger partial charge in [0, 0.05) is 41.2 Å². The Hall–Kier alpha value is -2.37. The van der Waals surface area contributed by atoms with Gasteiger partial charge in [-0.2, -0.15) is 0 Å². The van der Waals surface area contributed by atoms with Crippen molar-refractivity contribution in [1.29, 1.82) is 0 Å². The number of aromatic nitrogens is 1. The highest BCUT2D eigenvalue weighted by Crippen LogP contribution is 2.21. The van der Waals surface area contributed by atoms with E-state index in [0.717, 1.165) is 42.9 Å². The lowest BCUT2D eigenvalue weighted by Gasteiger charge is -2.14. The topological polar surface area (TPSA) is 57.5 Å². The summed E-state index contributed by atoms with van der Waals surface area (Å²) in [7, 11) is 0. The Kier molecular flexibility index (Phi) is 6.70. The maximum atomic E-state index is 12.5. The molecule has 148 valence electrons. The molecular formula is C22H24ClNO4. The van der Waals surface area contributed by atoms with Crippen LogP contribution in [0.15, 0.2) is 36.4 Å². The van der Waals surface area contributed by atoms with Gasteiger partial charge in [0.2, 0.25) is 5.78 Å². The molecule has 28 heavy (non-hydrogen) atoms. The van der Waals surface area contributed by atoms with Gasteiger partial charge in [-0.25, -0.2) is 4.79 Å². The van der Waals surface area contributed by atoms with Crippen molar-refractivity contribution in [3.63, 3.8) is 0 Å². The highest BCUT2D eigenvalue weighted by Gasteiger charge is 2.21. The number of carbonyl (C=O) groups excluding carboxylic acids is 2. The third kappa shape index (κ3) is 5.12. The number of carbonyl (C=O) groups is 2. The number of esters is 1. The first kappa shape index (κ1) is 20.4. The van der Waals surface area contributed by atoms with Crippen LogP contribution in [0.1, 0.15) is 40.2 Å². The van der Waals surface area contributed by atoms with Crippen LogP contribution in [0.25, 0.3) is 6.08 Å². The summed E-state index contributed by atoms with van der Waals surface area (Å²) in [6.07, 6.45) is 5.21. The summed E-state index contributed by atoms with van der Waals surface area (Å²) in [5.41, 5.74) is 3.25. The lowest BCUT2D eigenvalue weighted by atomic mass is 10.1. The molecule has 0 unspecified atom stereocenters. The molecule has 0 N–H and O–H groups in total. The minimum absolute atomic E-state index is 0.196. The van der Waals surface area contributed by atoms with Crippen LogP contribution in [-0.4, -0.2) is 35.6 Å². The van der Waals surface area contributed by atoms with Crippen molar-refractivity contribution in [1.82, 2.24) is 4.57 Å². The number of Topliss-reactive ketones (excluding diaryl/α,β-unsaturated/α-hetero) is 1. The van der Waals surface area contributed by atoms with Crippen molar-refractivity contribution < 1.29 is 19.1 Å². The first-order valence-electron chi connectivity index (χ1n) is 9.36. The molecule has 3 rings (SSSR count). The van der Waals surface area contributed by atoms with Gasteiger partial charge in [-0.05, 0) is 56.5 Å². The predicted molar refractivity (Wildman–Crippen MR) is 109 cm³/mol. The molecular weight excluding hydrogens is 378 g/mol. The minimum atomic E-state index is -0.568. The van der Waals surface area contributed by atoms with Crippen LogP contribution in [0.4, 0.5) is 0 Å². The summed E-state index contributed by atoms with van der Waals surface area (Å²) < 4.78 is 12.9. The van der Waals surface area contributed by atoms with Crippen molar-refractivity contribution in [3.05, 3.63) is 63.9 Å². The SMILES string of the molecule is Cc1cc(C(=O)COC(=O)/C=C/c2cccc(Cl)c2)c(C)n1C[C@@H]1CCCO1. The highest BCUT2D eigenvalue weighted by atomic mass is 35.5. The van der Waals surface area contributed by atoms with Crippen molar-refractivity contribution in [2.24, 2.45) is 0 Å². The molecule has 1 aromatic carbocycles. The van der Waals surface area contributed by atoms with E-state index in [0.29, 0.717) is 10.6 Å². The van der Waals surface area contributed by atoms with Gasteiger partial charge in [0.05, 0.1) is 6.10 Å². The van der Waals surface area contributed by atoms with E-state index >= 15 is 0 Å². The molecule has 1 fully saturated rings. The summed E-state index contributed by atoms with van der Waals surface area (Å²) in [4.78, 5) is 24.4. The van der Waals surface area contributed by atoms with Gasteiger partial charge in [-0.3, -0.25) is 4.79 Å². The van der Waals surface area contributed by atoms with E-state index in [4.69, 9.17) is 21.1 Å². The molecule has 2 heterocycles.